The average molecular weight is 384 g/mol. The Hall–Kier alpha value is 0.0500. The van der Waals surface area contributed by atoms with Crippen LogP contribution in [-0.4, -0.2) is 47.3 Å². The Labute approximate surface area is 154 Å². The quantitative estimate of drug-likeness (QED) is 0.834. The molecule has 3 rings (SSSR count). The lowest BCUT2D eigenvalue weighted by Gasteiger charge is -2.38. The lowest BCUT2D eigenvalue weighted by Crippen LogP contribution is -2.42. The van der Waals surface area contributed by atoms with Gasteiger partial charge < -0.3 is 15.6 Å². The van der Waals surface area contributed by atoms with Gasteiger partial charge in [0.15, 0.2) is 0 Å². The molecule has 1 atom stereocenters. The summed E-state index contributed by atoms with van der Waals surface area (Å²) in [4.78, 5) is 8.00. The second-order valence-corrected chi connectivity index (χ2v) is 7.49. The Kier molecular flexibility index (Phi) is 8.20. The number of rotatable bonds is 4. The number of halogens is 2. The summed E-state index contributed by atoms with van der Waals surface area (Å²) >= 11 is 1.58. The first-order valence-corrected chi connectivity index (χ1v) is 8.58. The number of aliphatic hydroxyl groups is 1. The van der Waals surface area contributed by atoms with Crippen molar-refractivity contribution in [1.82, 2.24) is 9.88 Å². The van der Waals surface area contributed by atoms with Crippen molar-refractivity contribution in [2.45, 2.75) is 56.4 Å². The predicted octanol–water partition coefficient (Wildman–Crippen LogP) is 2.30. The Bertz CT molecular complexity index is 481. The van der Waals surface area contributed by atoms with E-state index in [2.05, 4.69) is 9.88 Å². The largest absolute Gasteiger partial charge is 0.383 e. The van der Waals surface area contributed by atoms with E-state index in [1.165, 1.54) is 0 Å². The van der Waals surface area contributed by atoms with Crippen molar-refractivity contribution in [3.63, 3.8) is 0 Å². The zero-order valence-electron chi connectivity index (χ0n) is 13.4. The van der Waals surface area contributed by atoms with E-state index >= 15 is 0 Å². The zero-order chi connectivity index (χ0) is 14.9. The van der Waals surface area contributed by atoms with Gasteiger partial charge in [0.25, 0.3) is 0 Å². The monoisotopic (exact) mass is 383 g/mol. The fraction of sp³-hybridized carbons (Fsp3) is 0.800. The summed E-state index contributed by atoms with van der Waals surface area (Å²) in [5.74, 6) is 0. The summed E-state index contributed by atoms with van der Waals surface area (Å²) in [5.41, 5.74) is 5.26. The van der Waals surface area contributed by atoms with Gasteiger partial charge in [-0.05, 0) is 32.1 Å². The van der Waals surface area contributed by atoms with E-state index in [9.17, 15) is 5.11 Å². The lowest BCUT2D eigenvalue weighted by molar-refractivity contribution is -0.0224. The number of hydrogen-bond donors (Lipinski definition) is 2. The normalized spacial score (nSPS) is 31.4. The van der Waals surface area contributed by atoms with Gasteiger partial charge in [-0.15, -0.1) is 36.2 Å². The molecule has 1 aromatic heterocycles. The standard InChI is InChI=1S/C15H25N3O2S.2ClH/c1-20-10-13-8-17-14(21-13)15(19)5-2-12(3-6-15)18-7-4-11(16)9-18;;/h8,11-12,19H,2-7,9-10,16H2,1H3;2*1H/t11-,12?,15?;;/m1../s1. The molecule has 134 valence electrons. The topological polar surface area (TPSA) is 71.6 Å². The van der Waals surface area contributed by atoms with E-state index in [0.717, 1.165) is 55.1 Å². The number of aromatic nitrogens is 1. The van der Waals surface area contributed by atoms with Gasteiger partial charge in [0.1, 0.15) is 10.6 Å². The Balaban J connectivity index is 0.00000132. The average Bonchev–Trinajstić information content (AvgIpc) is 3.10. The smallest absolute Gasteiger partial charge is 0.125 e. The third-order valence-corrected chi connectivity index (χ3v) is 5.96. The minimum absolute atomic E-state index is 0. The number of thiazole rings is 1. The molecule has 0 spiro atoms. The Morgan fingerprint density at radius 1 is 1.39 bits per heavy atom. The van der Waals surface area contributed by atoms with E-state index in [1.54, 1.807) is 18.4 Å². The van der Waals surface area contributed by atoms with Gasteiger partial charge in [0, 0.05) is 38.5 Å². The fourth-order valence-electron chi connectivity index (χ4n) is 3.54. The number of hydrogen-bond acceptors (Lipinski definition) is 6. The SMILES string of the molecule is COCc1cnc(C2(O)CCC(N3CC[C@@H](N)C3)CC2)s1.Cl.Cl. The van der Waals surface area contributed by atoms with E-state index in [4.69, 9.17) is 10.5 Å². The lowest BCUT2D eigenvalue weighted by atomic mass is 9.82. The van der Waals surface area contributed by atoms with Crippen LogP contribution in [0.15, 0.2) is 6.20 Å². The number of ether oxygens (including phenoxy) is 1. The molecule has 8 heteroatoms. The molecule has 0 radical (unpaired) electrons. The first-order chi connectivity index (χ1) is 10.1. The van der Waals surface area contributed by atoms with Crippen molar-refractivity contribution in [1.29, 1.82) is 0 Å². The van der Waals surface area contributed by atoms with Crippen LogP contribution in [0.4, 0.5) is 0 Å². The molecular formula is C15H27Cl2N3O2S. The molecule has 2 heterocycles. The Morgan fingerprint density at radius 3 is 2.65 bits per heavy atom. The molecule has 23 heavy (non-hydrogen) atoms. The molecule has 1 aliphatic heterocycles. The van der Waals surface area contributed by atoms with Crippen molar-refractivity contribution >= 4 is 36.2 Å². The second kappa shape index (κ2) is 8.94. The molecule has 5 nitrogen and oxygen atoms in total. The van der Waals surface area contributed by atoms with Gasteiger partial charge in [-0.25, -0.2) is 4.98 Å². The number of likely N-dealkylation sites (tertiary alicyclic amines) is 1. The maximum atomic E-state index is 10.9. The van der Waals surface area contributed by atoms with Crippen LogP contribution in [-0.2, 0) is 16.9 Å². The number of nitrogens with zero attached hydrogens (tertiary/aromatic N) is 2. The summed E-state index contributed by atoms with van der Waals surface area (Å²) in [7, 11) is 1.68. The molecule has 3 N–H and O–H groups in total. The minimum atomic E-state index is -0.741. The number of methoxy groups -OCH3 is 1. The molecular weight excluding hydrogens is 357 g/mol. The highest BCUT2D eigenvalue weighted by Gasteiger charge is 2.39. The first kappa shape index (κ1) is 21.1. The number of nitrogens with two attached hydrogens (primary N) is 1. The third kappa shape index (κ3) is 4.78. The van der Waals surface area contributed by atoms with Gasteiger partial charge in [-0.2, -0.15) is 0 Å². The molecule has 1 saturated heterocycles. The highest BCUT2D eigenvalue weighted by Crippen LogP contribution is 2.40. The third-order valence-electron chi connectivity index (χ3n) is 4.79. The highest BCUT2D eigenvalue weighted by molar-refractivity contribution is 7.11. The summed E-state index contributed by atoms with van der Waals surface area (Å²) in [6, 6.07) is 0.915. The molecule has 0 unspecified atom stereocenters. The maximum Gasteiger partial charge on any atom is 0.125 e. The van der Waals surface area contributed by atoms with Crippen molar-refractivity contribution in [3.05, 3.63) is 16.1 Å². The van der Waals surface area contributed by atoms with Gasteiger partial charge >= 0.3 is 0 Å². The minimum Gasteiger partial charge on any atom is -0.383 e. The summed E-state index contributed by atoms with van der Waals surface area (Å²) in [6.45, 7) is 2.69. The molecule has 2 aliphatic rings. The first-order valence-electron chi connectivity index (χ1n) is 7.77. The second-order valence-electron chi connectivity index (χ2n) is 6.37. The van der Waals surface area contributed by atoms with Crippen LogP contribution < -0.4 is 5.73 Å². The van der Waals surface area contributed by atoms with Crippen molar-refractivity contribution < 1.29 is 9.84 Å². The molecule has 0 amide bonds. The summed E-state index contributed by atoms with van der Waals surface area (Å²) < 4.78 is 5.13. The maximum absolute atomic E-state index is 10.9. The van der Waals surface area contributed by atoms with Crippen molar-refractivity contribution in [3.8, 4) is 0 Å². The van der Waals surface area contributed by atoms with Gasteiger partial charge in [-0.3, -0.25) is 4.90 Å². The molecule has 2 fully saturated rings. The van der Waals surface area contributed by atoms with E-state index < -0.39 is 5.60 Å². The van der Waals surface area contributed by atoms with Gasteiger partial charge in [0.05, 0.1) is 11.5 Å². The fourth-order valence-corrected chi connectivity index (χ4v) is 4.57. The van der Waals surface area contributed by atoms with Crippen LogP contribution >= 0.6 is 36.2 Å². The molecule has 1 aliphatic carbocycles. The van der Waals surface area contributed by atoms with Crippen LogP contribution in [0.1, 0.15) is 42.0 Å². The molecule has 0 aromatic carbocycles. The van der Waals surface area contributed by atoms with Crippen molar-refractivity contribution in [2.24, 2.45) is 5.73 Å². The molecule has 1 aromatic rings. The van der Waals surface area contributed by atoms with Crippen LogP contribution in [0.25, 0.3) is 0 Å². The van der Waals surface area contributed by atoms with Crippen LogP contribution in [0.5, 0.6) is 0 Å². The zero-order valence-corrected chi connectivity index (χ0v) is 15.9. The van der Waals surface area contributed by atoms with Gasteiger partial charge in [0.2, 0.25) is 0 Å². The van der Waals surface area contributed by atoms with Crippen LogP contribution in [0.3, 0.4) is 0 Å². The van der Waals surface area contributed by atoms with Crippen LogP contribution in [0, 0.1) is 0 Å². The summed E-state index contributed by atoms with van der Waals surface area (Å²) in [6.07, 6.45) is 6.58. The Morgan fingerprint density at radius 2 is 2.09 bits per heavy atom. The summed E-state index contributed by atoms with van der Waals surface area (Å²) in [5, 5.41) is 11.8. The predicted molar refractivity (Wildman–Crippen MR) is 97.6 cm³/mol. The molecule has 1 saturated carbocycles. The van der Waals surface area contributed by atoms with E-state index in [0.29, 0.717) is 18.7 Å². The van der Waals surface area contributed by atoms with E-state index in [-0.39, 0.29) is 24.8 Å². The van der Waals surface area contributed by atoms with Crippen LogP contribution in [0.2, 0.25) is 0 Å². The molecule has 0 bridgehead atoms. The van der Waals surface area contributed by atoms with Gasteiger partial charge in [-0.1, -0.05) is 0 Å². The highest BCUT2D eigenvalue weighted by atomic mass is 35.5. The van der Waals surface area contributed by atoms with E-state index in [1.807, 2.05) is 6.20 Å². The van der Waals surface area contributed by atoms with Crippen molar-refractivity contribution in [2.75, 3.05) is 20.2 Å².